The van der Waals surface area contributed by atoms with Crippen molar-refractivity contribution in [2.45, 2.75) is 32.5 Å². The molecule has 0 aliphatic carbocycles. The van der Waals surface area contributed by atoms with Gasteiger partial charge >= 0.3 is 0 Å². The zero-order valence-corrected chi connectivity index (χ0v) is 42.5. The summed E-state index contributed by atoms with van der Waals surface area (Å²) in [5.41, 5.74) is 14.9. The second-order valence-corrected chi connectivity index (χ2v) is 18.4. The molecule has 1 unspecified atom stereocenters. The summed E-state index contributed by atoms with van der Waals surface area (Å²) in [5.74, 6) is 0.347. The van der Waals surface area contributed by atoms with Gasteiger partial charge in [0.2, 0.25) is 16.9 Å². The number of nitrogens with zero attached hydrogens (tertiary/aromatic N) is 25. The third-order valence-corrected chi connectivity index (χ3v) is 13.1. The highest BCUT2D eigenvalue weighted by molar-refractivity contribution is 5.72. The fourth-order valence-electron chi connectivity index (χ4n) is 9.16. The first kappa shape index (κ1) is 47.4. The van der Waals surface area contributed by atoms with Crippen molar-refractivity contribution in [1.29, 1.82) is 0 Å². The van der Waals surface area contributed by atoms with Crippen molar-refractivity contribution in [3.63, 3.8) is 0 Å². The van der Waals surface area contributed by atoms with Crippen LogP contribution in [0, 0.1) is 6.57 Å². The van der Waals surface area contributed by atoms with Crippen molar-refractivity contribution >= 4 is 56.3 Å². The van der Waals surface area contributed by atoms with E-state index in [2.05, 4.69) is 145 Å². The number of rotatable bonds is 10. The van der Waals surface area contributed by atoms with Crippen molar-refractivity contribution < 1.29 is 0 Å². The van der Waals surface area contributed by atoms with Gasteiger partial charge in [0.1, 0.15) is 6.20 Å². The molecule has 15 aromatic rings. The molecule has 0 aliphatic heterocycles. The van der Waals surface area contributed by atoms with E-state index in [0.717, 1.165) is 67.7 Å². The number of fused-ring (bicyclic) bond motifs is 6. The molecule has 0 aliphatic rings. The fourth-order valence-corrected chi connectivity index (χ4v) is 9.16. The van der Waals surface area contributed by atoms with Crippen LogP contribution in [0.3, 0.4) is 0 Å². The Hall–Kier alpha value is -11.3. The summed E-state index contributed by atoms with van der Waals surface area (Å²) in [6.45, 7) is 10.2. The lowest BCUT2D eigenvalue weighted by Gasteiger charge is -2.16. The van der Waals surface area contributed by atoms with Gasteiger partial charge in [-0.15, -0.1) is 20.3 Å². The number of pyridine rings is 4. The van der Waals surface area contributed by atoms with E-state index < -0.39 is 0 Å². The summed E-state index contributed by atoms with van der Waals surface area (Å²) in [7, 11) is 3.75. The SMILES string of the molecule is CCC(c1ccc2cccn2c1)n1nnc2ncc(-c3cnn(C)c3)nc21.Cn1cc(-c2cnc3nnn(Cc4ccc5ccnn5c4)c3n2)cn1.[C-]#[N+]c1ccc(-c2cnc3nnn(Cc4ccc5cccn5c4)c3n2)cn1. The molecule has 0 saturated heterocycles. The van der Waals surface area contributed by atoms with E-state index in [1.54, 1.807) is 68.2 Å². The van der Waals surface area contributed by atoms with E-state index in [9.17, 15) is 0 Å². The Labute approximate surface area is 446 Å². The van der Waals surface area contributed by atoms with Gasteiger partial charge in [-0.1, -0.05) is 53.4 Å². The quantitative estimate of drug-likeness (QED) is 0.122. The number of hydrogen-bond donors (Lipinski definition) is 0. The van der Waals surface area contributed by atoms with Gasteiger partial charge in [0, 0.05) is 91.4 Å². The van der Waals surface area contributed by atoms with Crippen molar-refractivity contribution in [3.05, 3.63) is 194 Å². The minimum absolute atomic E-state index is 0.0280. The van der Waals surface area contributed by atoms with Crippen LogP contribution in [0.4, 0.5) is 5.82 Å². The molecule has 1 atom stereocenters. The van der Waals surface area contributed by atoms with Crippen LogP contribution in [0.25, 0.3) is 89.1 Å². The summed E-state index contributed by atoms with van der Waals surface area (Å²) in [4.78, 5) is 34.7. The first-order valence-electron chi connectivity index (χ1n) is 24.9. The van der Waals surface area contributed by atoms with E-state index >= 15 is 0 Å². The topological polar surface area (TPSA) is 248 Å². The van der Waals surface area contributed by atoms with Gasteiger partial charge in [0.25, 0.3) is 5.82 Å². The predicted octanol–water partition coefficient (Wildman–Crippen LogP) is 7.33. The van der Waals surface area contributed by atoms with E-state index in [-0.39, 0.29) is 6.04 Å². The average Bonchev–Trinajstić information content (AvgIpc) is 4.44. The van der Waals surface area contributed by atoms with Crippen LogP contribution in [-0.4, -0.2) is 118 Å². The Morgan fingerprint density at radius 1 is 0.506 bits per heavy atom. The van der Waals surface area contributed by atoms with Gasteiger partial charge in [-0.3, -0.25) is 9.36 Å². The van der Waals surface area contributed by atoms with Crippen molar-refractivity contribution in [1.82, 2.24) is 118 Å². The standard InChI is InChI=1S/C19H12N8.C19H18N8.C16H13N9/c1-20-17-7-5-14(9-21-17)16-10-22-18-19(23-16)27(25-24-18)12-13-4-6-15-3-2-8-26(15)11-13;1-3-17(13-6-7-15-5-4-8-26(15)12-13)27-19-18(23-24-27)20-10-16(22-19)14-9-21-25(2)11-14;1-23-10-12(6-19-23)14-7-17-15-16(20-14)25(22-21-15)9-11-2-3-13-4-5-18-24(13)8-11/h2-11H,12H2;4-12,17H,3H2,1-2H3;2-8,10H,9H2,1H3. The highest BCUT2D eigenvalue weighted by Gasteiger charge is 2.20. The first-order valence-corrected chi connectivity index (χ1v) is 24.9. The van der Waals surface area contributed by atoms with Gasteiger partial charge in [-0.05, 0) is 77.7 Å². The molecule has 0 saturated carbocycles. The first-order chi connectivity index (χ1) is 38.8. The molecule has 0 spiro atoms. The molecule has 0 aromatic carbocycles. The highest BCUT2D eigenvalue weighted by atomic mass is 15.5. The number of aromatic nitrogens is 24. The van der Waals surface area contributed by atoms with E-state index in [0.29, 0.717) is 58.5 Å². The van der Waals surface area contributed by atoms with Crippen molar-refractivity contribution in [2.24, 2.45) is 14.1 Å². The minimum atomic E-state index is 0.0280. The predicted molar refractivity (Wildman–Crippen MR) is 290 cm³/mol. The Kier molecular flexibility index (Phi) is 12.1. The largest absolute Gasteiger partial charge is 0.361 e. The molecule has 25 heteroatoms. The van der Waals surface area contributed by atoms with E-state index in [1.165, 1.54) is 0 Å². The van der Waals surface area contributed by atoms with Crippen LogP contribution < -0.4 is 0 Å². The second kappa shape index (κ2) is 20.1. The Balaban J connectivity index is 0.000000112. The number of aryl methyl sites for hydroxylation is 2. The van der Waals surface area contributed by atoms with E-state index in [1.807, 2.05) is 90.7 Å². The van der Waals surface area contributed by atoms with Gasteiger partial charge in [0.05, 0.1) is 72.7 Å². The average molecular weight is 1040 g/mol. The minimum Gasteiger partial charge on any atom is -0.361 e. The van der Waals surface area contributed by atoms with E-state index in [4.69, 9.17) is 11.6 Å². The monoisotopic (exact) mass is 1040 g/mol. The molecule has 0 radical (unpaired) electrons. The van der Waals surface area contributed by atoms with Crippen LogP contribution in [0.1, 0.15) is 36.1 Å². The summed E-state index contributed by atoms with van der Waals surface area (Å²) in [6, 6.07) is 26.1. The molecule has 0 fully saturated rings. The third kappa shape index (κ3) is 9.47. The third-order valence-electron chi connectivity index (χ3n) is 13.1. The molecule has 0 amide bonds. The molecule has 0 N–H and O–H groups in total. The molecule has 79 heavy (non-hydrogen) atoms. The maximum Gasteiger partial charge on any atom is 0.269 e. The summed E-state index contributed by atoms with van der Waals surface area (Å²) >= 11 is 0. The summed E-state index contributed by atoms with van der Waals surface area (Å²) in [6.07, 6.45) is 26.9. The molecular formula is C54H43N25. The smallest absolute Gasteiger partial charge is 0.269 e. The number of hydrogen-bond acceptors (Lipinski definition) is 16. The van der Waals surface area contributed by atoms with Gasteiger partial charge < -0.3 is 13.6 Å². The Morgan fingerprint density at radius 3 is 1.67 bits per heavy atom. The molecule has 15 rings (SSSR count). The van der Waals surface area contributed by atoms with Crippen molar-refractivity contribution in [3.8, 4) is 33.8 Å². The Bertz CT molecular complexity index is 4690. The molecule has 384 valence electrons. The fraction of sp³-hybridized carbons (Fsp3) is 0.130. The van der Waals surface area contributed by atoms with Gasteiger partial charge in [-0.2, -0.15) is 15.3 Å². The molecule has 0 bridgehead atoms. The zero-order valence-electron chi connectivity index (χ0n) is 42.5. The lowest BCUT2D eigenvalue weighted by molar-refractivity contribution is 0.503. The maximum atomic E-state index is 6.99. The summed E-state index contributed by atoms with van der Waals surface area (Å²) < 4.78 is 14.8. The molecule has 15 heterocycles. The lowest BCUT2D eigenvalue weighted by atomic mass is 10.1. The normalized spacial score (nSPS) is 11.8. The molecular weight excluding hydrogens is 999 g/mol. The van der Waals surface area contributed by atoms with Crippen LogP contribution in [-0.2, 0) is 27.2 Å². The second-order valence-electron chi connectivity index (χ2n) is 18.4. The van der Waals surface area contributed by atoms with Crippen molar-refractivity contribution in [2.75, 3.05) is 0 Å². The summed E-state index contributed by atoms with van der Waals surface area (Å²) in [5, 5.41) is 37.8. The molecule has 15 aromatic heterocycles. The maximum absolute atomic E-state index is 6.99. The van der Waals surface area contributed by atoms with Crippen LogP contribution in [0.15, 0.2) is 166 Å². The van der Waals surface area contributed by atoms with Crippen LogP contribution in [0.5, 0.6) is 0 Å². The van der Waals surface area contributed by atoms with Gasteiger partial charge in [0.15, 0.2) is 16.9 Å². The lowest BCUT2D eigenvalue weighted by Crippen LogP contribution is -2.13. The zero-order chi connectivity index (χ0) is 53.4. The van der Waals surface area contributed by atoms with Crippen LogP contribution >= 0.6 is 0 Å². The Morgan fingerprint density at radius 2 is 1.08 bits per heavy atom. The van der Waals surface area contributed by atoms with Crippen LogP contribution in [0.2, 0.25) is 0 Å². The highest BCUT2D eigenvalue weighted by Crippen LogP contribution is 2.27. The molecule has 25 nitrogen and oxygen atoms in total. The van der Waals surface area contributed by atoms with Gasteiger partial charge in [-0.25, -0.2) is 48.5 Å².